The summed E-state index contributed by atoms with van der Waals surface area (Å²) in [4.78, 5) is 12.8. The van der Waals surface area contributed by atoms with Gasteiger partial charge in [-0.1, -0.05) is 0 Å². The van der Waals surface area contributed by atoms with Crippen LogP contribution in [0.3, 0.4) is 0 Å². The van der Waals surface area contributed by atoms with Crippen LogP contribution in [0.15, 0.2) is 6.07 Å². The molecule has 1 aromatic rings. The highest BCUT2D eigenvalue weighted by Crippen LogP contribution is 2.10. The minimum absolute atomic E-state index is 0.230. The van der Waals surface area contributed by atoms with Gasteiger partial charge >= 0.3 is 5.97 Å². The van der Waals surface area contributed by atoms with Crippen molar-refractivity contribution in [3.05, 3.63) is 17.5 Å². The van der Waals surface area contributed by atoms with Gasteiger partial charge < -0.3 is 5.11 Å². The van der Waals surface area contributed by atoms with Crippen molar-refractivity contribution < 1.29 is 9.90 Å². The first kappa shape index (κ1) is 14.7. The fourth-order valence-corrected chi connectivity index (χ4v) is 1.97. The van der Waals surface area contributed by atoms with Crippen LogP contribution in [0.2, 0.25) is 0 Å². The predicted octanol–water partition coefficient (Wildman–Crippen LogP) is 1.80. The molecular formula is C13H23N3O2. The molecule has 1 heterocycles. The summed E-state index contributed by atoms with van der Waals surface area (Å²) in [6.07, 6.45) is 0.915. The Balaban J connectivity index is 2.57. The highest BCUT2D eigenvalue weighted by Gasteiger charge is 2.13. The Hall–Kier alpha value is -1.36. The average Bonchev–Trinajstić information content (AvgIpc) is 2.55. The van der Waals surface area contributed by atoms with Crippen molar-refractivity contribution in [2.24, 2.45) is 7.05 Å². The van der Waals surface area contributed by atoms with Crippen LogP contribution in [-0.2, 0) is 18.4 Å². The lowest BCUT2D eigenvalue weighted by Crippen LogP contribution is -2.32. The lowest BCUT2D eigenvalue weighted by atomic mass is 10.2. The molecule has 0 saturated heterocycles. The zero-order valence-corrected chi connectivity index (χ0v) is 11.7. The summed E-state index contributed by atoms with van der Waals surface area (Å²) in [6.45, 7) is 7.85. The Labute approximate surface area is 108 Å². The molecule has 1 rings (SSSR count). The van der Waals surface area contributed by atoms with Crippen molar-refractivity contribution in [2.45, 2.75) is 46.2 Å². The van der Waals surface area contributed by atoms with E-state index in [-0.39, 0.29) is 6.42 Å². The molecule has 0 bridgehead atoms. The third kappa shape index (κ3) is 4.49. The van der Waals surface area contributed by atoms with Crippen molar-refractivity contribution in [1.82, 2.24) is 14.7 Å². The molecule has 18 heavy (non-hydrogen) atoms. The van der Waals surface area contributed by atoms with Gasteiger partial charge in [0.25, 0.3) is 0 Å². The number of aryl methyl sites for hydroxylation is 2. The standard InChI is InChI=1S/C13H23N3O2/c1-10(2)16(7-5-6-13(17)18)9-12-8-11(3)14-15(12)4/h8,10H,5-7,9H2,1-4H3,(H,17,18). The molecule has 0 radical (unpaired) electrons. The van der Waals surface area contributed by atoms with Crippen molar-refractivity contribution in [1.29, 1.82) is 0 Å². The Kier molecular flexibility index (Phi) is 5.34. The first-order chi connectivity index (χ1) is 8.40. The van der Waals surface area contributed by atoms with Gasteiger partial charge in [-0.15, -0.1) is 0 Å². The zero-order chi connectivity index (χ0) is 13.7. The van der Waals surface area contributed by atoms with Crippen LogP contribution in [0, 0.1) is 6.92 Å². The van der Waals surface area contributed by atoms with E-state index in [4.69, 9.17) is 5.11 Å². The van der Waals surface area contributed by atoms with Crippen molar-refractivity contribution in [2.75, 3.05) is 6.54 Å². The van der Waals surface area contributed by atoms with Gasteiger partial charge in [0, 0.05) is 26.1 Å². The van der Waals surface area contributed by atoms with E-state index in [1.54, 1.807) is 0 Å². The van der Waals surface area contributed by atoms with Crippen molar-refractivity contribution in [3.63, 3.8) is 0 Å². The van der Waals surface area contributed by atoms with E-state index in [1.807, 2.05) is 18.7 Å². The average molecular weight is 253 g/mol. The second-order valence-corrected chi connectivity index (χ2v) is 4.96. The Morgan fingerprint density at radius 2 is 2.22 bits per heavy atom. The maximum atomic E-state index is 10.5. The van der Waals surface area contributed by atoms with Crippen LogP contribution in [0.4, 0.5) is 0 Å². The number of aromatic nitrogens is 2. The second-order valence-electron chi connectivity index (χ2n) is 4.96. The first-order valence-corrected chi connectivity index (χ1v) is 6.35. The molecule has 102 valence electrons. The van der Waals surface area contributed by atoms with Crippen LogP contribution in [-0.4, -0.2) is 38.3 Å². The quantitative estimate of drug-likeness (QED) is 0.805. The fraction of sp³-hybridized carbons (Fsp3) is 0.692. The molecule has 5 nitrogen and oxygen atoms in total. The summed E-state index contributed by atoms with van der Waals surface area (Å²) in [6, 6.07) is 2.47. The van der Waals surface area contributed by atoms with Crippen molar-refractivity contribution in [3.8, 4) is 0 Å². The molecule has 1 N–H and O–H groups in total. The number of nitrogens with zero attached hydrogens (tertiary/aromatic N) is 3. The number of carbonyl (C=O) groups is 1. The van der Waals surface area contributed by atoms with Gasteiger partial charge in [0.15, 0.2) is 0 Å². The van der Waals surface area contributed by atoms with Gasteiger partial charge in [0.05, 0.1) is 11.4 Å². The largest absolute Gasteiger partial charge is 0.481 e. The maximum absolute atomic E-state index is 10.5. The summed E-state index contributed by atoms with van der Waals surface area (Å²) < 4.78 is 1.89. The Morgan fingerprint density at radius 1 is 1.56 bits per heavy atom. The lowest BCUT2D eigenvalue weighted by molar-refractivity contribution is -0.137. The molecule has 0 aliphatic rings. The molecule has 0 aliphatic carbocycles. The predicted molar refractivity (Wildman–Crippen MR) is 70.4 cm³/mol. The van der Waals surface area contributed by atoms with Crippen LogP contribution in [0.25, 0.3) is 0 Å². The van der Waals surface area contributed by atoms with E-state index in [2.05, 4.69) is 29.9 Å². The van der Waals surface area contributed by atoms with Crippen molar-refractivity contribution >= 4 is 5.97 Å². The molecule has 0 aromatic carbocycles. The van der Waals surface area contributed by atoms with Crippen LogP contribution >= 0.6 is 0 Å². The highest BCUT2D eigenvalue weighted by molar-refractivity contribution is 5.66. The van der Waals surface area contributed by atoms with Crippen LogP contribution in [0.1, 0.15) is 38.1 Å². The number of carboxylic acid groups (broad SMARTS) is 1. The summed E-state index contributed by atoms with van der Waals surface area (Å²) in [5.74, 6) is -0.727. The molecule has 0 spiro atoms. The molecule has 0 amide bonds. The topological polar surface area (TPSA) is 58.4 Å². The summed E-state index contributed by atoms with van der Waals surface area (Å²) in [7, 11) is 1.94. The maximum Gasteiger partial charge on any atom is 0.303 e. The highest BCUT2D eigenvalue weighted by atomic mass is 16.4. The van der Waals surface area contributed by atoms with E-state index >= 15 is 0 Å². The zero-order valence-electron chi connectivity index (χ0n) is 11.7. The smallest absolute Gasteiger partial charge is 0.303 e. The molecular weight excluding hydrogens is 230 g/mol. The number of carboxylic acids is 1. The molecule has 0 unspecified atom stereocenters. The number of aliphatic carboxylic acids is 1. The van der Waals surface area contributed by atoms with Gasteiger partial charge in [-0.3, -0.25) is 14.4 Å². The van der Waals surface area contributed by atoms with Gasteiger partial charge in [0.1, 0.15) is 0 Å². The minimum Gasteiger partial charge on any atom is -0.481 e. The lowest BCUT2D eigenvalue weighted by Gasteiger charge is -2.26. The fourth-order valence-electron chi connectivity index (χ4n) is 1.97. The van der Waals surface area contributed by atoms with E-state index in [0.717, 1.165) is 24.5 Å². The van der Waals surface area contributed by atoms with Crippen LogP contribution < -0.4 is 0 Å². The summed E-state index contributed by atoms with van der Waals surface area (Å²) in [5, 5.41) is 13.0. The first-order valence-electron chi connectivity index (χ1n) is 6.35. The summed E-state index contributed by atoms with van der Waals surface area (Å²) >= 11 is 0. The molecule has 1 aromatic heterocycles. The molecule has 0 atom stereocenters. The second kappa shape index (κ2) is 6.54. The Bertz CT molecular complexity index is 399. The number of hydrogen-bond donors (Lipinski definition) is 1. The molecule has 5 heteroatoms. The minimum atomic E-state index is -0.727. The van der Waals surface area contributed by atoms with E-state index in [1.165, 1.54) is 0 Å². The van der Waals surface area contributed by atoms with E-state index in [0.29, 0.717) is 12.5 Å². The van der Waals surface area contributed by atoms with Gasteiger partial charge in [0.2, 0.25) is 0 Å². The third-order valence-electron chi connectivity index (χ3n) is 3.03. The van der Waals surface area contributed by atoms with Gasteiger partial charge in [-0.05, 0) is 39.8 Å². The van der Waals surface area contributed by atoms with E-state index < -0.39 is 5.97 Å². The van der Waals surface area contributed by atoms with E-state index in [9.17, 15) is 4.79 Å². The monoisotopic (exact) mass is 253 g/mol. The molecule has 0 aliphatic heterocycles. The number of rotatable bonds is 7. The summed E-state index contributed by atoms with van der Waals surface area (Å²) in [5.41, 5.74) is 2.18. The molecule has 0 fully saturated rings. The van der Waals surface area contributed by atoms with Gasteiger partial charge in [-0.2, -0.15) is 5.10 Å². The molecule has 0 saturated carbocycles. The Morgan fingerprint density at radius 3 is 2.67 bits per heavy atom. The van der Waals surface area contributed by atoms with Gasteiger partial charge in [-0.25, -0.2) is 0 Å². The SMILES string of the molecule is Cc1cc(CN(CCCC(=O)O)C(C)C)n(C)n1. The van der Waals surface area contributed by atoms with Crippen LogP contribution in [0.5, 0.6) is 0 Å². The normalized spacial score (nSPS) is 11.4. The number of hydrogen-bond acceptors (Lipinski definition) is 3. The third-order valence-corrected chi connectivity index (χ3v) is 3.03.